The summed E-state index contributed by atoms with van der Waals surface area (Å²) in [6, 6.07) is 0. The number of rotatable bonds is 1. The molecule has 0 saturated heterocycles. The van der Waals surface area contributed by atoms with Crippen molar-refractivity contribution in [2.24, 2.45) is 0 Å². The molecule has 0 unspecified atom stereocenters. The molecular weight excluding hydrogens is 150 g/mol. The molecule has 2 nitrogen and oxygen atoms in total. The number of nitrogens with zero attached hydrogens (tertiary/aromatic N) is 1. The predicted octanol–water partition coefficient (Wildman–Crippen LogP) is 2.03. The van der Waals surface area contributed by atoms with Crippen molar-refractivity contribution in [2.45, 2.75) is 32.7 Å². The average molecular weight is 163 g/mol. The first-order chi connectivity index (χ1) is 5.81. The Morgan fingerprint density at radius 1 is 1.42 bits per heavy atom. The Balaban J connectivity index is 2.43. The third kappa shape index (κ3) is 1.07. The number of ketones is 1. The van der Waals surface area contributed by atoms with E-state index in [-0.39, 0.29) is 0 Å². The minimum absolute atomic E-state index is 0.323. The van der Waals surface area contributed by atoms with Crippen LogP contribution in [0.25, 0.3) is 0 Å². The maximum absolute atomic E-state index is 11.4. The van der Waals surface area contributed by atoms with Gasteiger partial charge in [-0.25, -0.2) is 0 Å². The molecule has 0 amide bonds. The van der Waals surface area contributed by atoms with E-state index in [1.807, 2.05) is 6.20 Å². The van der Waals surface area contributed by atoms with Crippen LogP contribution < -0.4 is 0 Å². The van der Waals surface area contributed by atoms with Gasteiger partial charge in [0, 0.05) is 30.9 Å². The fourth-order valence-corrected chi connectivity index (χ4v) is 1.76. The minimum atomic E-state index is 0.323. The Labute approximate surface area is 72.2 Å². The van der Waals surface area contributed by atoms with E-state index in [1.54, 1.807) is 0 Å². The molecule has 2 rings (SSSR count). The van der Waals surface area contributed by atoms with Gasteiger partial charge in [-0.1, -0.05) is 0 Å². The first-order valence-corrected chi connectivity index (χ1v) is 4.53. The molecule has 1 heterocycles. The highest BCUT2D eigenvalue weighted by Crippen LogP contribution is 2.21. The molecule has 2 heteroatoms. The summed E-state index contributed by atoms with van der Waals surface area (Å²) in [5.41, 5.74) is 2.20. The number of carbonyl (C=O) groups excluding carboxylic acids is 1. The maximum atomic E-state index is 11.4. The van der Waals surface area contributed by atoms with Gasteiger partial charge < -0.3 is 4.57 Å². The van der Waals surface area contributed by atoms with E-state index in [4.69, 9.17) is 0 Å². The van der Waals surface area contributed by atoms with Gasteiger partial charge >= 0.3 is 0 Å². The van der Waals surface area contributed by atoms with Crippen LogP contribution in [0, 0.1) is 0 Å². The first kappa shape index (κ1) is 7.59. The predicted molar refractivity (Wildman–Crippen MR) is 47.4 cm³/mol. The van der Waals surface area contributed by atoms with E-state index in [9.17, 15) is 4.79 Å². The molecule has 1 aromatic rings. The smallest absolute Gasteiger partial charge is 0.164 e. The average Bonchev–Trinajstić information content (AvgIpc) is 2.49. The number of hydrogen-bond acceptors (Lipinski definition) is 1. The molecule has 1 aromatic heterocycles. The van der Waals surface area contributed by atoms with Crippen LogP contribution >= 0.6 is 0 Å². The number of hydrogen-bond donors (Lipinski definition) is 0. The van der Waals surface area contributed by atoms with Crippen LogP contribution in [0.3, 0.4) is 0 Å². The molecule has 0 fully saturated rings. The molecule has 1 aliphatic carbocycles. The largest absolute Gasteiger partial charge is 0.353 e. The molecule has 0 spiro atoms. The van der Waals surface area contributed by atoms with Crippen molar-refractivity contribution < 1.29 is 4.79 Å². The zero-order valence-electron chi connectivity index (χ0n) is 7.34. The summed E-state index contributed by atoms with van der Waals surface area (Å²) in [4.78, 5) is 11.4. The highest BCUT2D eigenvalue weighted by Gasteiger charge is 2.18. The molecule has 0 atom stereocenters. The molecule has 0 aromatic carbocycles. The highest BCUT2D eigenvalue weighted by atomic mass is 16.1. The van der Waals surface area contributed by atoms with E-state index in [1.165, 1.54) is 5.56 Å². The summed E-state index contributed by atoms with van der Waals surface area (Å²) in [5, 5.41) is 0. The molecule has 0 radical (unpaired) electrons. The molecule has 12 heavy (non-hydrogen) atoms. The number of Topliss-reactive ketones (excluding diaryl/α,β-unsaturated/α-hetero) is 1. The zero-order valence-corrected chi connectivity index (χ0v) is 7.34. The Bertz CT molecular complexity index is 312. The van der Waals surface area contributed by atoms with Gasteiger partial charge in [0.2, 0.25) is 0 Å². The van der Waals surface area contributed by atoms with E-state index in [0.29, 0.717) is 5.78 Å². The van der Waals surface area contributed by atoms with Gasteiger partial charge in [0.15, 0.2) is 5.78 Å². The molecule has 0 saturated carbocycles. The Morgan fingerprint density at radius 2 is 2.25 bits per heavy atom. The van der Waals surface area contributed by atoms with Gasteiger partial charge in [0.05, 0.1) is 0 Å². The topological polar surface area (TPSA) is 22.0 Å². The van der Waals surface area contributed by atoms with Crippen LogP contribution in [0.4, 0.5) is 0 Å². The summed E-state index contributed by atoms with van der Waals surface area (Å²) in [7, 11) is 0. The molecule has 0 N–H and O–H groups in total. The maximum Gasteiger partial charge on any atom is 0.164 e. The van der Waals surface area contributed by atoms with Crippen LogP contribution in [-0.4, -0.2) is 10.4 Å². The molecule has 0 aliphatic heterocycles. The number of fused-ring (bicyclic) bond motifs is 1. The molecule has 64 valence electrons. The minimum Gasteiger partial charge on any atom is -0.353 e. The van der Waals surface area contributed by atoms with Crippen molar-refractivity contribution in [3.63, 3.8) is 0 Å². The summed E-state index contributed by atoms with van der Waals surface area (Å²) in [6.45, 7) is 3.05. The van der Waals surface area contributed by atoms with Crippen molar-refractivity contribution in [1.82, 2.24) is 4.57 Å². The summed E-state index contributed by atoms with van der Waals surface area (Å²) in [6.07, 6.45) is 6.93. The van der Waals surface area contributed by atoms with E-state index in [0.717, 1.165) is 31.4 Å². The summed E-state index contributed by atoms with van der Waals surface area (Å²) < 4.78 is 2.09. The van der Waals surface area contributed by atoms with Gasteiger partial charge in [-0.2, -0.15) is 0 Å². The third-order valence-electron chi connectivity index (χ3n) is 2.48. The lowest BCUT2D eigenvalue weighted by Gasteiger charge is -2.07. The van der Waals surface area contributed by atoms with Gasteiger partial charge in [-0.3, -0.25) is 4.79 Å². The van der Waals surface area contributed by atoms with Crippen LogP contribution in [0.15, 0.2) is 12.4 Å². The molecule has 1 aliphatic rings. The van der Waals surface area contributed by atoms with E-state index < -0.39 is 0 Å². The quantitative estimate of drug-likeness (QED) is 0.621. The molecule has 0 bridgehead atoms. The second-order valence-corrected chi connectivity index (χ2v) is 3.30. The van der Waals surface area contributed by atoms with Crippen LogP contribution in [0.1, 0.15) is 35.7 Å². The van der Waals surface area contributed by atoms with Gasteiger partial charge in [0.25, 0.3) is 0 Å². The third-order valence-corrected chi connectivity index (χ3v) is 2.48. The lowest BCUT2D eigenvalue weighted by molar-refractivity contribution is 0.0973. The fraction of sp³-hybridized carbons (Fsp3) is 0.500. The number of aromatic nitrogens is 1. The van der Waals surface area contributed by atoms with Crippen molar-refractivity contribution in [2.75, 3.05) is 0 Å². The normalized spacial score (nSPS) is 16.2. The van der Waals surface area contributed by atoms with Crippen molar-refractivity contribution in [3.8, 4) is 0 Å². The van der Waals surface area contributed by atoms with Crippen LogP contribution in [-0.2, 0) is 13.0 Å². The SMILES string of the molecule is CCn1cc2c(c1)C(=O)CCC2. The van der Waals surface area contributed by atoms with Crippen molar-refractivity contribution in [3.05, 3.63) is 23.5 Å². The Kier molecular flexibility index (Phi) is 1.75. The zero-order chi connectivity index (χ0) is 8.55. The Morgan fingerprint density at radius 3 is 2.92 bits per heavy atom. The van der Waals surface area contributed by atoms with Gasteiger partial charge in [-0.15, -0.1) is 0 Å². The van der Waals surface area contributed by atoms with Crippen LogP contribution in [0.5, 0.6) is 0 Å². The summed E-state index contributed by atoms with van der Waals surface area (Å²) >= 11 is 0. The lowest BCUT2D eigenvalue weighted by Crippen LogP contribution is -2.07. The fourth-order valence-electron chi connectivity index (χ4n) is 1.76. The second kappa shape index (κ2) is 2.77. The summed E-state index contributed by atoms with van der Waals surface area (Å²) in [5.74, 6) is 0.323. The first-order valence-electron chi connectivity index (χ1n) is 4.53. The lowest BCUT2D eigenvalue weighted by atomic mass is 9.95. The van der Waals surface area contributed by atoms with Crippen molar-refractivity contribution >= 4 is 5.78 Å². The van der Waals surface area contributed by atoms with E-state index in [2.05, 4.69) is 17.7 Å². The van der Waals surface area contributed by atoms with Gasteiger partial charge in [0.1, 0.15) is 0 Å². The van der Waals surface area contributed by atoms with E-state index >= 15 is 0 Å². The number of carbonyl (C=O) groups is 1. The second-order valence-electron chi connectivity index (χ2n) is 3.30. The molecular formula is C10H13NO. The van der Waals surface area contributed by atoms with Gasteiger partial charge in [-0.05, 0) is 25.3 Å². The van der Waals surface area contributed by atoms with Crippen LogP contribution in [0.2, 0.25) is 0 Å². The highest BCUT2D eigenvalue weighted by molar-refractivity contribution is 5.98. The standard InChI is InChI=1S/C10H13NO/c1-2-11-6-8-4-3-5-10(12)9(8)7-11/h6-7H,2-5H2,1H3. The number of aryl methyl sites for hydroxylation is 2. The Hall–Kier alpha value is -1.05. The van der Waals surface area contributed by atoms with Crippen molar-refractivity contribution in [1.29, 1.82) is 0 Å². The monoisotopic (exact) mass is 163 g/mol.